The summed E-state index contributed by atoms with van der Waals surface area (Å²) >= 11 is 0. The molecule has 3 heteroatoms. The molecule has 2 aromatic rings. The first-order chi connectivity index (χ1) is 7.97. The van der Waals surface area contributed by atoms with Crippen LogP contribution in [0.1, 0.15) is 27.2 Å². The summed E-state index contributed by atoms with van der Waals surface area (Å²) in [4.78, 5) is 11.6. The van der Waals surface area contributed by atoms with Crippen LogP contribution in [0.15, 0.2) is 12.1 Å². The van der Waals surface area contributed by atoms with Crippen LogP contribution < -0.4 is 0 Å². The van der Waals surface area contributed by atoms with Crippen molar-refractivity contribution in [3.63, 3.8) is 0 Å². The van der Waals surface area contributed by atoms with Crippen LogP contribution in [0.5, 0.6) is 0 Å². The second-order valence-electron chi connectivity index (χ2n) is 4.46. The molecular formula is C14H17NO2. The smallest absolute Gasteiger partial charge is 0.354 e. The zero-order valence-corrected chi connectivity index (χ0v) is 10.9. The molecule has 0 amide bonds. The van der Waals surface area contributed by atoms with Gasteiger partial charge in [0.2, 0.25) is 0 Å². The first kappa shape index (κ1) is 11.7. The molecule has 0 aliphatic carbocycles. The molecule has 1 aromatic carbocycles. The number of benzene rings is 1. The van der Waals surface area contributed by atoms with E-state index in [1.54, 1.807) is 0 Å². The van der Waals surface area contributed by atoms with E-state index in [9.17, 15) is 4.79 Å². The lowest BCUT2D eigenvalue weighted by molar-refractivity contribution is 0.0590. The molecular weight excluding hydrogens is 214 g/mol. The van der Waals surface area contributed by atoms with Crippen LogP contribution in [0.2, 0.25) is 0 Å². The van der Waals surface area contributed by atoms with Crippen molar-refractivity contribution >= 4 is 16.9 Å². The van der Waals surface area contributed by atoms with E-state index < -0.39 is 0 Å². The van der Waals surface area contributed by atoms with E-state index in [2.05, 4.69) is 26.8 Å². The molecule has 1 heterocycles. The van der Waals surface area contributed by atoms with E-state index in [0.717, 1.165) is 10.9 Å². The zero-order chi connectivity index (χ0) is 12.7. The monoisotopic (exact) mass is 231 g/mol. The van der Waals surface area contributed by atoms with Gasteiger partial charge in [-0.3, -0.25) is 0 Å². The van der Waals surface area contributed by atoms with Gasteiger partial charge in [-0.1, -0.05) is 0 Å². The maximum Gasteiger partial charge on any atom is 0.354 e. The van der Waals surface area contributed by atoms with Gasteiger partial charge in [-0.15, -0.1) is 0 Å². The summed E-state index contributed by atoms with van der Waals surface area (Å²) < 4.78 is 6.68. The lowest BCUT2D eigenvalue weighted by atomic mass is 10.0. The van der Waals surface area contributed by atoms with Crippen LogP contribution in [0.3, 0.4) is 0 Å². The summed E-state index contributed by atoms with van der Waals surface area (Å²) in [6, 6.07) is 4.02. The predicted octanol–water partition coefficient (Wildman–Crippen LogP) is 2.89. The van der Waals surface area contributed by atoms with Gasteiger partial charge in [0.25, 0.3) is 0 Å². The maximum atomic E-state index is 11.6. The molecule has 90 valence electrons. The molecule has 0 atom stereocenters. The molecule has 0 fully saturated rings. The third-order valence-corrected chi connectivity index (χ3v) is 3.59. The number of aryl methyl sites for hydroxylation is 3. The fraction of sp³-hybridized carbons (Fsp3) is 0.357. The number of hydrogen-bond acceptors (Lipinski definition) is 2. The number of carbonyl (C=O) groups is 1. The number of aromatic nitrogens is 1. The van der Waals surface area contributed by atoms with E-state index in [1.807, 2.05) is 17.7 Å². The van der Waals surface area contributed by atoms with Crippen molar-refractivity contribution in [2.75, 3.05) is 7.11 Å². The van der Waals surface area contributed by atoms with Crippen molar-refractivity contribution in [3.05, 3.63) is 34.5 Å². The Bertz CT molecular complexity index is 608. The molecule has 3 nitrogen and oxygen atoms in total. The molecule has 0 aliphatic rings. The SMILES string of the molecule is COC(=O)c1cc2c(C)c(C)c(C)cc2n1C. The Balaban J connectivity index is 2.83. The average Bonchev–Trinajstić information content (AvgIpc) is 2.64. The molecule has 0 saturated carbocycles. The molecule has 0 radical (unpaired) electrons. The zero-order valence-electron chi connectivity index (χ0n) is 10.9. The van der Waals surface area contributed by atoms with Crippen molar-refractivity contribution in [3.8, 4) is 0 Å². The molecule has 0 N–H and O–H groups in total. The number of hydrogen-bond donors (Lipinski definition) is 0. The summed E-state index contributed by atoms with van der Waals surface area (Å²) in [5, 5.41) is 1.12. The van der Waals surface area contributed by atoms with Gasteiger partial charge < -0.3 is 9.30 Å². The highest BCUT2D eigenvalue weighted by Crippen LogP contribution is 2.27. The number of carbonyl (C=O) groups excluding carboxylic acids is 1. The summed E-state index contributed by atoms with van der Waals surface area (Å²) in [7, 11) is 3.30. The van der Waals surface area contributed by atoms with Gasteiger partial charge in [-0.25, -0.2) is 4.79 Å². The Morgan fingerprint density at radius 2 is 1.82 bits per heavy atom. The fourth-order valence-electron chi connectivity index (χ4n) is 2.20. The van der Waals surface area contributed by atoms with E-state index in [0.29, 0.717) is 5.69 Å². The van der Waals surface area contributed by atoms with Gasteiger partial charge >= 0.3 is 5.97 Å². The largest absolute Gasteiger partial charge is 0.464 e. The highest BCUT2D eigenvalue weighted by Gasteiger charge is 2.16. The number of nitrogens with zero attached hydrogens (tertiary/aromatic N) is 1. The van der Waals surface area contributed by atoms with Crippen LogP contribution in [0.4, 0.5) is 0 Å². The molecule has 0 saturated heterocycles. The van der Waals surface area contributed by atoms with E-state index in [-0.39, 0.29) is 5.97 Å². The number of fused-ring (bicyclic) bond motifs is 1. The Morgan fingerprint density at radius 1 is 1.18 bits per heavy atom. The van der Waals surface area contributed by atoms with Gasteiger partial charge in [0.15, 0.2) is 0 Å². The van der Waals surface area contributed by atoms with Crippen molar-refractivity contribution in [2.45, 2.75) is 20.8 Å². The van der Waals surface area contributed by atoms with E-state index >= 15 is 0 Å². The Morgan fingerprint density at radius 3 is 2.41 bits per heavy atom. The first-order valence-corrected chi connectivity index (χ1v) is 5.62. The van der Waals surface area contributed by atoms with Crippen LogP contribution >= 0.6 is 0 Å². The quantitative estimate of drug-likeness (QED) is 0.707. The predicted molar refractivity (Wildman–Crippen MR) is 68.5 cm³/mol. The maximum absolute atomic E-state index is 11.6. The normalized spacial score (nSPS) is 10.9. The Kier molecular flexibility index (Phi) is 2.69. The second kappa shape index (κ2) is 3.91. The average molecular weight is 231 g/mol. The topological polar surface area (TPSA) is 31.2 Å². The minimum absolute atomic E-state index is 0.293. The summed E-state index contributed by atoms with van der Waals surface area (Å²) in [5.41, 5.74) is 5.42. The van der Waals surface area contributed by atoms with Crippen LogP contribution in [0.25, 0.3) is 10.9 Å². The molecule has 1 aromatic heterocycles. The van der Waals surface area contributed by atoms with Gasteiger partial charge in [0.05, 0.1) is 7.11 Å². The minimum Gasteiger partial charge on any atom is -0.464 e. The Hall–Kier alpha value is -1.77. The number of methoxy groups -OCH3 is 1. The van der Waals surface area contributed by atoms with Crippen molar-refractivity contribution in [1.82, 2.24) is 4.57 Å². The van der Waals surface area contributed by atoms with Crippen molar-refractivity contribution in [1.29, 1.82) is 0 Å². The van der Waals surface area contributed by atoms with Crippen LogP contribution in [0, 0.1) is 20.8 Å². The third-order valence-electron chi connectivity index (χ3n) is 3.59. The highest BCUT2D eigenvalue weighted by molar-refractivity contribution is 5.97. The fourth-order valence-corrected chi connectivity index (χ4v) is 2.20. The second-order valence-corrected chi connectivity index (χ2v) is 4.46. The first-order valence-electron chi connectivity index (χ1n) is 5.62. The van der Waals surface area contributed by atoms with Gasteiger partial charge in [-0.05, 0) is 49.6 Å². The number of rotatable bonds is 1. The molecule has 0 unspecified atom stereocenters. The lowest BCUT2D eigenvalue weighted by Gasteiger charge is -2.07. The summed E-state index contributed by atoms with van der Waals surface area (Å²) in [6.07, 6.45) is 0. The minimum atomic E-state index is -0.293. The molecule has 0 aliphatic heterocycles. The van der Waals surface area contributed by atoms with Gasteiger partial charge in [0.1, 0.15) is 5.69 Å². The molecule has 2 rings (SSSR count). The van der Waals surface area contributed by atoms with Gasteiger partial charge in [-0.2, -0.15) is 0 Å². The number of esters is 1. The van der Waals surface area contributed by atoms with E-state index in [1.165, 1.54) is 23.8 Å². The van der Waals surface area contributed by atoms with Crippen LogP contribution in [-0.2, 0) is 11.8 Å². The lowest BCUT2D eigenvalue weighted by Crippen LogP contribution is -2.06. The molecule has 0 spiro atoms. The van der Waals surface area contributed by atoms with Crippen molar-refractivity contribution in [2.24, 2.45) is 7.05 Å². The standard InChI is InChI=1S/C14H17NO2/c1-8-6-12-11(10(3)9(8)2)7-13(15(12)4)14(16)17-5/h6-7H,1-5H3. The van der Waals surface area contributed by atoms with Crippen LogP contribution in [-0.4, -0.2) is 17.6 Å². The highest BCUT2D eigenvalue weighted by atomic mass is 16.5. The number of ether oxygens (including phenoxy) is 1. The molecule has 0 bridgehead atoms. The molecule has 17 heavy (non-hydrogen) atoms. The van der Waals surface area contributed by atoms with E-state index in [4.69, 9.17) is 4.74 Å². The summed E-state index contributed by atoms with van der Waals surface area (Å²) in [5.74, 6) is -0.293. The third kappa shape index (κ3) is 1.62. The van der Waals surface area contributed by atoms with Crippen molar-refractivity contribution < 1.29 is 9.53 Å². The summed E-state index contributed by atoms with van der Waals surface area (Å²) in [6.45, 7) is 6.28. The van der Waals surface area contributed by atoms with Gasteiger partial charge in [0, 0.05) is 18.0 Å². The Labute approximate surface area is 101 Å².